The molecule has 0 spiro atoms. The zero-order valence-corrected chi connectivity index (χ0v) is 17.7. The van der Waals surface area contributed by atoms with E-state index in [9.17, 15) is 9.18 Å². The van der Waals surface area contributed by atoms with E-state index in [2.05, 4.69) is 18.1 Å². The Labute approximate surface area is 176 Å². The van der Waals surface area contributed by atoms with E-state index < -0.39 is 0 Å². The van der Waals surface area contributed by atoms with Crippen molar-refractivity contribution in [2.75, 3.05) is 13.7 Å². The van der Waals surface area contributed by atoms with E-state index >= 15 is 0 Å². The fraction of sp³-hybridized carbons (Fsp3) is 0.417. The zero-order valence-electron chi connectivity index (χ0n) is 17.7. The van der Waals surface area contributed by atoms with Gasteiger partial charge in [0.05, 0.1) is 43.0 Å². The van der Waals surface area contributed by atoms with Crippen LogP contribution >= 0.6 is 0 Å². The molecule has 0 N–H and O–H groups in total. The van der Waals surface area contributed by atoms with Crippen molar-refractivity contribution in [1.82, 2.24) is 9.78 Å². The summed E-state index contributed by atoms with van der Waals surface area (Å²) in [5.74, 6) is -0.605. The summed E-state index contributed by atoms with van der Waals surface area (Å²) in [6, 6.07) is 6.39. The summed E-state index contributed by atoms with van der Waals surface area (Å²) in [6.45, 7) is 4.31. The Hall–Kier alpha value is -2.73. The number of nitrogens with zero attached hydrogens (tertiary/aromatic N) is 2. The molecule has 1 aromatic heterocycles. The highest BCUT2D eigenvalue weighted by Crippen LogP contribution is 2.49. The lowest BCUT2D eigenvalue weighted by Crippen LogP contribution is -2.43. The quantitative estimate of drug-likeness (QED) is 0.532. The average Bonchev–Trinajstić information content (AvgIpc) is 3.15. The molecule has 4 rings (SSSR count). The molecule has 6 heteroatoms. The average molecular weight is 410 g/mol. The number of aromatic nitrogens is 2. The van der Waals surface area contributed by atoms with Gasteiger partial charge in [0.2, 0.25) is 0 Å². The number of rotatable bonds is 5. The van der Waals surface area contributed by atoms with Crippen molar-refractivity contribution in [3.8, 4) is 5.69 Å². The molecule has 2 aliphatic carbocycles. The third kappa shape index (κ3) is 3.60. The van der Waals surface area contributed by atoms with E-state index in [0.717, 1.165) is 42.6 Å². The summed E-state index contributed by atoms with van der Waals surface area (Å²) in [7, 11) is 1.38. The van der Waals surface area contributed by atoms with Crippen LogP contribution in [0.2, 0.25) is 0 Å². The molecule has 0 radical (unpaired) electrons. The Kier molecular flexibility index (Phi) is 5.60. The van der Waals surface area contributed by atoms with Crippen LogP contribution < -0.4 is 0 Å². The van der Waals surface area contributed by atoms with Gasteiger partial charge in [0.15, 0.2) is 0 Å². The number of methoxy groups -OCH3 is 1. The predicted molar refractivity (Wildman–Crippen MR) is 113 cm³/mol. The normalized spacial score (nSPS) is 23.4. The second kappa shape index (κ2) is 8.19. The van der Waals surface area contributed by atoms with E-state index in [1.807, 2.05) is 17.8 Å². The van der Waals surface area contributed by atoms with E-state index in [1.54, 1.807) is 18.2 Å². The highest BCUT2D eigenvalue weighted by Gasteiger charge is 2.44. The van der Waals surface area contributed by atoms with Gasteiger partial charge in [-0.3, -0.25) is 0 Å². The predicted octanol–water partition coefficient (Wildman–Crippen LogP) is 4.65. The monoisotopic (exact) mass is 410 g/mol. The fourth-order valence-electron chi connectivity index (χ4n) is 4.63. The van der Waals surface area contributed by atoms with Gasteiger partial charge in [-0.05, 0) is 68.5 Å². The number of halogens is 1. The van der Waals surface area contributed by atoms with Crippen LogP contribution in [0.3, 0.4) is 0 Å². The summed E-state index contributed by atoms with van der Waals surface area (Å²) in [5.41, 5.74) is 4.79. The minimum atomic E-state index is -0.347. The van der Waals surface area contributed by atoms with Gasteiger partial charge in [-0.25, -0.2) is 13.9 Å². The molecule has 158 valence electrons. The molecule has 1 heterocycles. The lowest BCUT2D eigenvalue weighted by atomic mass is 9.64. The van der Waals surface area contributed by atoms with Crippen molar-refractivity contribution >= 4 is 12.0 Å². The molecule has 5 nitrogen and oxygen atoms in total. The first-order chi connectivity index (χ1) is 14.5. The molecule has 1 fully saturated rings. The lowest BCUT2D eigenvalue weighted by molar-refractivity contribution is -0.137. The summed E-state index contributed by atoms with van der Waals surface area (Å²) in [4.78, 5) is 11.9. The Bertz CT molecular complexity index is 1010. The van der Waals surface area contributed by atoms with Crippen molar-refractivity contribution < 1.29 is 18.7 Å². The van der Waals surface area contributed by atoms with Crippen LogP contribution in [0.25, 0.3) is 11.8 Å². The summed E-state index contributed by atoms with van der Waals surface area (Å²) in [5, 5.41) is 4.57. The summed E-state index contributed by atoms with van der Waals surface area (Å²) in [6.07, 6.45) is 9.71. The Morgan fingerprint density at radius 2 is 2.13 bits per heavy atom. The SMILES string of the molecule is C/C=C(\CO[C@H]1CCCC2=Cc3c(cnn3-c3ccc(F)cc3)C[C@@]21C)C(=O)OC. The number of hydrogen-bond acceptors (Lipinski definition) is 4. The summed E-state index contributed by atoms with van der Waals surface area (Å²) >= 11 is 0. The van der Waals surface area contributed by atoms with Gasteiger partial charge in [-0.2, -0.15) is 5.10 Å². The smallest absolute Gasteiger partial charge is 0.335 e. The van der Waals surface area contributed by atoms with Crippen LogP contribution in [0.15, 0.2) is 47.7 Å². The van der Waals surface area contributed by atoms with Gasteiger partial charge in [0.1, 0.15) is 5.82 Å². The number of allylic oxidation sites excluding steroid dienone is 1. The van der Waals surface area contributed by atoms with Crippen molar-refractivity contribution in [2.45, 2.75) is 45.6 Å². The molecule has 1 saturated carbocycles. The molecule has 0 saturated heterocycles. The first-order valence-corrected chi connectivity index (χ1v) is 10.3. The molecule has 2 atom stereocenters. The molecule has 2 aromatic rings. The largest absolute Gasteiger partial charge is 0.466 e. The maximum absolute atomic E-state index is 13.3. The van der Waals surface area contributed by atoms with E-state index in [-0.39, 0.29) is 29.9 Å². The molecular formula is C24H27FN2O3. The maximum atomic E-state index is 13.3. The maximum Gasteiger partial charge on any atom is 0.335 e. The molecule has 0 bridgehead atoms. The van der Waals surface area contributed by atoms with Crippen LogP contribution in [-0.4, -0.2) is 35.6 Å². The van der Waals surface area contributed by atoms with E-state index in [4.69, 9.17) is 9.47 Å². The molecule has 0 aliphatic heterocycles. The van der Waals surface area contributed by atoms with Crippen molar-refractivity contribution in [3.05, 3.63) is 64.8 Å². The number of esters is 1. The molecule has 0 amide bonds. The first-order valence-electron chi connectivity index (χ1n) is 10.3. The minimum Gasteiger partial charge on any atom is -0.466 e. The highest BCUT2D eigenvalue weighted by atomic mass is 19.1. The topological polar surface area (TPSA) is 53.4 Å². The van der Waals surface area contributed by atoms with Crippen LogP contribution in [0.5, 0.6) is 0 Å². The molecule has 0 unspecified atom stereocenters. The zero-order chi connectivity index (χ0) is 21.3. The summed E-state index contributed by atoms with van der Waals surface area (Å²) < 4.78 is 26.3. The molecular weight excluding hydrogens is 383 g/mol. The number of hydrogen-bond donors (Lipinski definition) is 0. The van der Waals surface area contributed by atoms with Crippen LogP contribution in [-0.2, 0) is 20.7 Å². The second-order valence-electron chi connectivity index (χ2n) is 8.20. The Morgan fingerprint density at radius 1 is 1.37 bits per heavy atom. The van der Waals surface area contributed by atoms with Gasteiger partial charge in [0.25, 0.3) is 0 Å². The number of fused-ring (bicyclic) bond motifs is 2. The van der Waals surface area contributed by atoms with E-state index in [0.29, 0.717) is 5.57 Å². The lowest BCUT2D eigenvalue weighted by Gasteiger charge is -2.45. The van der Waals surface area contributed by atoms with Gasteiger partial charge in [0, 0.05) is 5.41 Å². The van der Waals surface area contributed by atoms with Crippen molar-refractivity contribution in [3.63, 3.8) is 0 Å². The third-order valence-corrected chi connectivity index (χ3v) is 6.42. The number of benzene rings is 1. The number of carbonyl (C=O) groups is 1. The van der Waals surface area contributed by atoms with Crippen LogP contribution in [0.1, 0.15) is 44.4 Å². The van der Waals surface area contributed by atoms with Crippen molar-refractivity contribution in [1.29, 1.82) is 0 Å². The minimum absolute atomic E-state index is 0.0134. The number of carbonyl (C=O) groups excluding carboxylic acids is 1. The first kappa shape index (κ1) is 20.5. The molecule has 1 aromatic carbocycles. The number of ether oxygens (including phenoxy) is 2. The Morgan fingerprint density at radius 3 is 2.83 bits per heavy atom. The fourth-order valence-corrected chi connectivity index (χ4v) is 4.63. The van der Waals surface area contributed by atoms with Gasteiger partial charge >= 0.3 is 5.97 Å². The van der Waals surface area contributed by atoms with Gasteiger partial charge < -0.3 is 9.47 Å². The third-order valence-electron chi connectivity index (χ3n) is 6.42. The second-order valence-corrected chi connectivity index (χ2v) is 8.20. The van der Waals surface area contributed by atoms with Crippen molar-refractivity contribution in [2.24, 2.45) is 5.41 Å². The molecule has 2 aliphatic rings. The van der Waals surface area contributed by atoms with Gasteiger partial charge in [-0.15, -0.1) is 0 Å². The Balaban J connectivity index is 1.60. The van der Waals surface area contributed by atoms with E-state index in [1.165, 1.54) is 24.8 Å². The standard InChI is InChI=1S/C24H27FN2O3/c1-4-16(23(28)29-3)15-30-22-7-5-6-18-12-21-17(13-24(18,22)2)14-26-27(21)20-10-8-19(25)9-11-20/h4,8-12,14,22H,5-7,13,15H2,1-3H3/b16-4+/t22-,24-/m0/s1. The molecule has 30 heavy (non-hydrogen) atoms. The van der Waals surface area contributed by atoms with Gasteiger partial charge in [-0.1, -0.05) is 18.6 Å². The van der Waals surface area contributed by atoms with Crippen LogP contribution in [0, 0.1) is 11.2 Å². The van der Waals surface area contributed by atoms with Crippen LogP contribution in [0.4, 0.5) is 4.39 Å². The highest BCUT2D eigenvalue weighted by molar-refractivity contribution is 5.88.